The summed E-state index contributed by atoms with van der Waals surface area (Å²) in [6, 6.07) is 8.63. The van der Waals surface area contributed by atoms with Gasteiger partial charge in [0, 0.05) is 5.92 Å². The predicted molar refractivity (Wildman–Crippen MR) is 78.1 cm³/mol. The number of rotatable bonds is 3. The zero-order valence-corrected chi connectivity index (χ0v) is 12.2. The monoisotopic (exact) mass is 284 g/mol. The van der Waals surface area contributed by atoms with Crippen molar-refractivity contribution < 1.29 is 19.1 Å². The molecule has 0 aromatic heterocycles. The molecule has 0 unspecified atom stereocenters. The molecule has 0 aliphatic carbocycles. The summed E-state index contributed by atoms with van der Waals surface area (Å²) >= 11 is 0. The van der Waals surface area contributed by atoms with Gasteiger partial charge in [-0.1, -0.05) is 18.2 Å². The van der Waals surface area contributed by atoms with E-state index in [9.17, 15) is 9.59 Å². The van der Waals surface area contributed by atoms with Crippen LogP contribution < -0.4 is 0 Å². The molecular weight excluding hydrogens is 268 g/mol. The number of hydrogen-bond donors (Lipinski definition) is 0. The Labute approximate surface area is 124 Å². The van der Waals surface area contributed by atoms with E-state index in [0.717, 1.165) is 0 Å². The molecule has 108 valence electrons. The summed E-state index contributed by atoms with van der Waals surface area (Å²) in [6.07, 6.45) is 0. The lowest BCUT2D eigenvalue weighted by Gasteiger charge is -2.18. The first-order valence-corrected chi connectivity index (χ1v) is 6.43. The molecule has 0 spiro atoms. The van der Waals surface area contributed by atoms with Gasteiger partial charge in [0.1, 0.15) is 0 Å². The fraction of sp³-hybridized carbons (Fsp3) is 0.294. The fourth-order valence-corrected chi connectivity index (χ4v) is 1.32. The van der Waals surface area contributed by atoms with Gasteiger partial charge in [0.05, 0.1) is 12.2 Å². The van der Waals surface area contributed by atoms with E-state index in [0.29, 0.717) is 5.56 Å². The van der Waals surface area contributed by atoms with Gasteiger partial charge in [0.2, 0.25) is 0 Å². The van der Waals surface area contributed by atoms with Crippen LogP contribution in [-0.2, 0) is 14.3 Å². The van der Waals surface area contributed by atoms with Crippen LogP contribution in [0.2, 0.25) is 0 Å². The minimum absolute atomic E-state index is 0.265. The van der Waals surface area contributed by atoms with Crippen LogP contribution in [0.1, 0.15) is 31.1 Å². The van der Waals surface area contributed by atoms with Gasteiger partial charge in [-0.05, 0) is 50.7 Å². The van der Waals surface area contributed by atoms with E-state index in [-0.39, 0.29) is 6.61 Å². The van der Waals surface area contributed by atoms with Crippen LogP contribution >= 0.6 is 0 Å². The van der Waals surface area contributed by atoms with Crippen LogP contribution in [0.4, 0.5) is 0 Å². The van der Waals surface area contributed by atoms with Crippen LogP contribution in [0.3, 0.4) is 0 Å². The molecule has 0 amide bonds. The highest BCUT2D eigenvalue weighted by Gasteiger charge is 2.20. The average molecular weight is 284 g/mol. The molecule has 0 fully saturated rings. The fourth-order valence-electron chi connectivity index (χ4n) is 1.32. The van der Waals surface area contributed by atoms with E-state index < -0.39 is 17.5 Å². The average Bonchev–Trinajstić information content (AvgIpc) is 2.44. The number of hydrogen-bond acceptors (Lipinski definition) is 4. The molecule has 1 aromatic carbocycles. The van der Waals surface area contributed by atoms with Crippen molar-refractivity contribution in [2.24, 2.45) is 0 Å². The maximum absolute atomic E-state index is 11.9. The lowest BCUT2D eigenvalue weighted by molar-refractivity contribution is -0.136. The van der Waals surface area contributed by atoms with Crippen LogP contribution in [0.25, 0.3) is 0 Å². The van der Waals surface area contributed by atoms with E-state index in [1.807, 2.05) is 6.07 Å². The topological polar surface area (TPSA) is 52.6 Å². The molecule has 4 nitrogen and oxygen atoms in total. The third kappa shape index (κ3) is 6.31. The Morgan fingerprint density at radius 1 is 1.14 bits per heavy atom. The zero-order valence-electron chi connectivity index (χ0n) is 12.2. The van der Waals surface area contributed by atoms with Gasteiger partial charge in [0.15, 0.2) is 5.60 Å². The molecule has 0 bridgehead atoms. The number of ether oxygens (including phenoxy) is 2. The van der Waals surface area contributed by atoms with Crippen molar-refractivity contribution in [3.63, 3.8) is 0 Å². The highest BCUT2D eigenvalue weighted by Crippen LogP contribution is 2.11. The van der Waals surface area contributed by atoms with E-state index in [4.69, 9.17) is 4.74 Å². The van der Waals surface area contributed by atoms with Gasteiger partial charge in [-0.25, -0.2) is 9.59 Å². The van der Waals surface area contributed by atoms with Crippen molar-refractivity contribution in [2.45, 2.75) is 26.4 Å². The molecule has 0 radical (unpaired) electrons. The SMILES string of the molecule is CCOC(=O)C#CC#CC(C)(C)OC(=O)c1ccccc1. The van der Waals surface area contributed by atoms with Crippen LogP contribution in [0, 0.1) is 23.7 Å². The van der Waals surface area contributed by atoms with Crippen molar-refractivity contribution in [3.8, 4) is 23.7 Å². The standard InChI is InChI=1S/C17H16O4/c1-4-20-15(18)12-8-9-13-17(2,3)21-16(19)14-10-6-5-7-11-14/h5-7,10-11H,4H2,1-3H3. The lowest BCUT2D eigenvalue weighted by atomic mass is 10.1. The minimum atomic E-state index is -1.00. The van der Waals surface area contributed by atoms with Crippen LogP contribution in [0.5, 0.6) is 0 Å². The zero-order chi connectivity index (χ0) is 15.7. The Morgan fingerprint density at radius 2 is 1.81 bits per heavy atom. The van der Waals surface area contributed by atoms with Crippen molar-refractivity contribution in [2.75, 3.05) is 6.61 Å². The molecule has 0 aliphatic heterocycles. The smallest absolute Gasteiger partial charge is 0.385 e. The van der Waals surface area contributed by atoms with Gasteiger partial charge >= 0.3 is 11.9 Å². The van der Waals surface area contributed by atoms with E-state index >= 15 is 0 Å². The molecule has 0 atom stereocenters. The van der Waals surface area contributed by atoms with Crippen LogP contribution in [-0.4, -0.2) is 24.1 Å². The first-order valence-electron chi connectivity index (χ1n) is 6.43. The number of carbonyl (C=O) groups is 2. The maximum Gasteiger partial charge on any atom is 0.385 e. The van der Waals surface area contributed by atoms with E-state index in [1.165, 1.54) is 0 Å². The Bertz CT molecular complexity index is 621. The molecule has 4 heteroatoms. The van der Waals surface area contributed by atoms with Gasteiger partial charge < -0.3 is 9.47 Å². The van der Waals surface area contributed by atoms with E-state index in [1.54, 1.807) is 45.0 Å². The summed E-state index contributed by atoms with van der Waals surface area (Å²) in [6.45, 7) is 5.25. The first kappa shape index (κ1) is 16.3. The first-order chi connectivity index (χ1) is 9.94. The minimum Gasteiger partial charge on any atom is -0.456 e. The van der Waals surface area contributed by atoms with Crippen molar-refractivity contribution in [1.82, 2.24) is 0 Å². The molecule has 0 saturated heterocycles. The number of esters is 2. The Kier molecular flexibility index (Phi) is 6.04. The molecule has 0 saturated carbocycles. The number of carbonyl (C=O) groups excluding carboxylic acids is 2. The second-order valence-electron chi connectivity index (χ2n) is 4.49. The van der Waals surface area contributed by atoms with Crippen molar-refractivity contribution in [1.29, 1.82) is 0 Å². The second kappa shape index (κ2) is 7.77. The third-order valence-corrected chi connectivity index (χ3v) is 2.22. The van der Waals surface area contributed by atoms with Gasteiger partial charge in [-0.15, -0.1) is 0 Å². The molecule has 1 aromatic rings. The lowest BCUT2D eigenvalue weighted by Crippen LogP contribution is -2.26. The van der Waals surface area contributed by atoms with Crippen molar-refractivity contribution >= 4 is 11.9 Å². The summed E-state index contributed by atoms with van der Waals surface area (Å²) in [5.74, 6) is 8.65. The van der Waals surface area contributed by atoms with Gasteiger partial charge in [0.25, 0.3) is 0 Å². The van der Waals surface area contributed by atoms with Gasteiger partial charge in [-0.3, -0.25) is 0 Å². The molecule has 1 rings (SSSR count). The second-order valence-corrected chi connectivity index (χ2v) is 4.49. The Hall–Kier alpha value is -2.72. The summed E-state index contributed by atoms with van der Waals surface area (Å²) < 4.78 is 9.91. The van der Waals surface area contributed by atoms with Gasteiger partial charge in [-0.2, -0.15) is 0 Å². The summed E-state index contributed by atoms with van der Waals surface area (Å²) in [5.41, 5.74) is -0.555. The molecule has 0 aliphatic rings. The summed E-state index contributed by atoms with van der Waals surface area (Å²) in [7, 11) is 0. The third-order valence-electron chi connectivity index (χ3n) is 2.22. The predicted octanol–water partition coefficient (Wildman–Crippen LogP) is 2.19. The van der Waals surface area contributed by atoms with Crippen molar-refractivity contribution in [3.05, 3.63) is 35.9 Å². The van der Waals surface area contributed by atoms with Crippen LogP contribution in [0.15, 0.2) is 30.3 Å². The molecular formula is C17H16O4. The quantitative estimate of drug-likeness (QED) is 0.485. The highest BCUT2D eigenvalue weighted by atomic mass is 16.6. The Morgan fingerprint density at radius 3 is 2.43 bits per heavy atom. The maximum atomic E-state index is 11.9. The molecule has 0 N–H and O–H groups in total. The normalized spacial score (nSPS) is 9.48. The number of benzene rings is 1. The molecule has 21 heavy (non-hydrogen) atoms. The Balaban J connectivity index is 2.66. The molecule has 0 heterocycles. The van der Waals surface area contributed by atoms with E-state index in [2.05, 4.69) is 28.4 Å². The highest BCUT2D eigenvalue weighted by molar-refractivity contribution is 5.90. The largest absolute Gasteiger partial charge is 0.456 e. The summed E-state index contributed by atoms with van der Waals surface area (Å²) in [5, 5.41) is 0. The summed E-state index contributed by atoms with van der Waals surface area (Å²) in [4.78, 5) is 22.9.